The molecular weight excluding hydrogens is 228 g/mol. The Morgan fingerprint density at radius 1 is 1.28 bits per heavy atom. The second-order valence-electron chi connectivity index (χ2n) is 4.61. The van der Waals surface area contributed by atoms with Crippen LogP contribution in [0.15, 0.2) is 18.2 Å². The van der Waals surface area contributed by atoms with E-state index in [4.69, 9.17) is 9.47 Å². The molecule has 0 aliphatic carbocycles. The Bertz CT molecular complexity index is 452. The van der Waals surface area contributed by atoms with E-state index in [1.54, 1.807) is 14.2 Å². The van der Waals surface area contributed by atoms with Crippen LogP contribution in [0.3, 0.4) is 0 Å². The Balaban J connectivity index is 3.15. The number of rotatable bonds is 5. The summed E-state index contributed by atoms with van der Waals surface area (Å²) in [6, 6.07) is 8.06. The molecule has 18 heavy (non-hydrogen) atoms. The van der Waals surface area contributed by atoms with Gasteiger partial charge in [0.05, 0.1) is 20.3 Å². The molecule has 0 aliphatic heterocycles. The molecule has 98 valence electrons. The maximum absolute atomic E-state index is 9.34. The highest BCUT2D eigenvalue weighted by atomic mass is 16.5. The normalized spacial score (nSPS) is 13.8. The van der Waals surface area contributed by atoms with Gasteiger partial charge in [-0.3, -0.25) is 4.90 Å². The Morgan fingerprint density at radius 2 is 1.94 bits per heavy atom. The first-order valence-electron chi connectivity index (χ1n) is 5.77. The topological polar surface area (TPSA) is 45.5 Å². The standard InChI is InChI=1S/C14H20N2O2/c1-14(10-15,16(2)3)9-11-7-6-8-12(17-4)13(11)18-5/h6-8H,9H2,1-5H3. The predicted molar refractivity (Wildman–Crippen MR) is 71.0 cm³/mol. The molecule has 1 unspecified atom stereocenters. The number of hydrogen-bond acceptors (Lipinski definition) is 4. The van der Waals surface area contributed by atoms with Crippen LogP contribution in [-0.2, 0) is 6.42 Å². The summed E-state index contributed by atoms with van der Waals surface area (Å²) < 4.78 is 10.6. The largest absolute Gasteiger partial charge is 0.493 e. The molecule has 0 aliphatic rings. The summed E-state index contributed by atoms with van der Waals surface area (Å²) >= 11 is 0. The molecule has 0 radical (unpaired) electrons. The predicted octanol–water partition coefficient (Wildman–Crippen LogP) is 2.09. The lowest BCUT2D eigenvalue weighted by molar-refractivity contribution is 0.234. The van der Waals surface area contributed by atoms with Crippen LogP contribution in [0, 0.1) is 11.3 Å². The number of nitriles is 1. The number of nitrogens with zero attached hydrogens (tertiary/aromatic N) is 2. The highest BCUT2D eigenvalue weighted by Gasteiger charge is 2.28. The van der Waals surface area contributed by atoms with Crippen molar-refractivity contribution in [3.05, 3.63) is 23.8 Å². The Hall–Kier alpha value is -1.73. The van der Waals surface area contributed by atoms with Crippen molar-refractivity contribution < 1.29 is 9.47 Å². The highest BCUT2D eigenvalue weighted by molar-refractivity contribution is 5.47. The van der Waals surface area contributed by atoms with Gasteiger partial charge >= 0.3 is 0 Å². The summed E-state index contributed by atoms with van der Waals surface area (Å²) in [7, 11) is 7.02. The van der Waals surface area contributed by atoms with Crippen LogP contribution in [0.1, 0.15) is 12.5 Å². The van der Waals surface area contributed by atoms with Crippen LogP contribution in [0.5, 0.6) is 11.5 Å². The molecule has 1 rings (SSSR count). The van der Waals surface area contributed by atoms with E-state index >= 15 is 0 Å². The minimum Gasteiger partial charge on any atom is -0.493 e. The second-order valence-corrected chi connectivity index (χ2v) is 4.61. The number of benzene rings is 1. The van der Waals surface area contributed by atoms with Crippen LogP contribution in [0.2, 0.25) is 0 Å². The van der Waals surface area contributed by atoms with Crippen molar-refractivity contribution >= 4 is 0 Å². The second kappa shape index (κ2) is 5.74. The van der Waals surface area contributed by atoms with Gasteiger partial charge in [0.2, 0.25) is 0 Å². The van der Waals surface area contributed by atoms with Gasteiger partial charge in [-0.15, -0.1) is 0 Å². The van der Waals surface area contributed by atoms with Crippen molar-refractivity contribution in [3.8, 4) is 17.6 Å². The molecule has 1 atom stereocenters. The zero-order valence-corrected chi connectivity index (χ0v) is 11.7. The average Bonchev–Trinajstić information content (AvgIpc) is 2.37. The van der Waals surface area contributed by atoms with E-state index in [0.717, 1.165) is 5.56 Å². The zero-order chi connectivity index (χ0) is 13.8. The minimum atomic E-state index is -0.570. The van der Waals surface area contributed by atoms with Crippen LogP contribution in [0.25, 0.3) is 0 Å². The Labute approximate surface area is 109 Å². The van der Waals surface area contributed by atoms with Gasteiger partial charge in [0.1, 0.15) is 5.54 Å². The van der Waals surface area contributed by atoms with Crippen LogP contribution in [-0.4, -0.2) is 38.8 Å². The van der Waals surface area contributed by atoms with E-state index in [1.165, 1.54) is 0 Å². The lowest BCUT2D eigenvalue weighted by Crippen LogP contribution is -2.41. The Kier molecular flexibility index (Phi) is 4.57. The number of likely N-dealkylation sites (N-methyl/N-ethyl adjacent to an activating group) is 1. The first-order chi connectivity index (χ1) is 8.48. The summed E-state index contributed by atoms with van der Waals surface area (Å²) in [5.74, 6) is 1.39. The number of ether oxygens (including phenoxy) is 2. The lowest BCUT2D eigenvalue weighted by Gasteiger charge is -2.30. The molecule has 0 heterocycles. The molecule has 0 saturated heterocycles. The van der Waals surface area contributed by atoms with Crippen molar-refractivity contribution in [2.24, 2.45) is 0 Å². The highest BCUT2D eigenvalue weighted by Crippen LogP contribution is 2.33. The third-order valence-corrected chi connectivity index (χ3v) is 3.25. The molecule has 0 bridgehead atoms. The molecular formula is C14H20N2O2. The smallest absolute Gasteiger partial charge is 0.163 e. The van der Waals surface area contributed by atoms with Crippen LogP contribution < -0.4 is 9.47 Å². The minimum absolute atomic E-state index is 0.570. The summed E-state index contributed by atoms with van der Waals surface area (Å²) in [5.41, 5.74) is 0.397. The first-order valence-corrected chi connectivity index (χ1v) is 5.77. The zero-order valence-electron chi connectivity index (χ0n) is 11.7. The van der Waals surface area contributed by atoms with Gasteiger partial charge in [0, 0.05) is 12.0 Å². The SMILES string of the molecule is COc1cccc(CC(C)(C#N)N(C)C)c1OC. The van der Waals surface area contributed by atoms with Crippen molar-refractivity contribution in [1.82, 2.24) is 4.90 Å². The summed E-state index contributed by atoms with van der Waals surface area (Å²) in [6.07, 6.45) is 0.580. The van der Waals surface area contributed by atoms with Crippen molar-refractivity contribution in [2.75, 3.05) is 28.3 Å². The molecule has 1 aromatic carbocycles. The molecule has 4 heteroatoms. The Morgan fingerprint density at radius 3 is 2.39 bits per heavy atom. The van der Waals surface area contributed by atoms with E-state index in [-0.39, 0.29) is 0 Å². The fraction of sp³-hybridized carbons (Fsp3) is 0.500. The van der Waals surface area contributed by atoms with Gasteiger partial charge in [-0.2, -0.15) is 5.26 Å². The molecule has 0 spiro atoms. The molecule has 1 aromatic rings. The molecule has 0 amide bonds. The van der Waals surface area contributed by atoms with Crippen molar-refractivity contribution in [1.29, 1.82) is 5.26 Å². The third kappa shape index (κ3) is 2.74. The third-order valence-electron chi connectivity index (χ3n) is 3.25. The van der Waals surface area contributed by atoms with Crippen LogP contribution >= 0.6 is 0 Å². The lowest BCUT2D eigenvalue weighted by atomic mass is 9.92. The van der Waals surface area contributed by atoms with Gasteiger partial charge in [-0.1, -0.05) is 12.1 Å². The monoisotopic (exact) mass is 248 g/mol. The van der Waals surface area contributed by atoms with E-state index in [0.29, 0.717) is 17.9 Å². The number of hydrogen-bond donors (Lipinski definition) is 0. The number of para-hydroxylation sites is 1. The first kappa shape index (κ1) is 14.3. The summed E-state index contributed by atoms with van der Waals surface area (Å²) in [4.78, 5) is 1.91. The maximum Gasteiger partial charge on any atom is 0.163 e. The average molecular weight is 248 g/mol. The molecule has 0 saturated carbocycles. The van der Waals surface area contributed by atoms with Crippen molar-refractivity contribution in [2.45, 2.75) is 18.9 Å². The fourth-order valence-corrected chi connectivity index (χ4v) is 1.76. The van der Waals surface area contributed by atoms with Crippen molar-refractivity contribution in [3.63, 3.8) is 0 Å². The van der Waals surface area contributed by atoms with Gasteiger partial charge in [-0.05, 0) is 27.1 Å². The number of methoxy groups -OCH3 is 2. The molecule has 0 fully saturated rings. The van der Waals surface area contributed by atoms with Gasteiger partial charge < -0.3 is 9.47 Å². The van der Waals surface area contributed by atoms with E-state index < -0.39 is 5.54 Å². The van der Waals surface area contributed by atoms with E-state index in [9.17, 15) is 5.26 Å². The maximum atomic E-state index is 9.34. The summed E-state index contributed by atoms with van der Waals surface area (Å²) in [6.45, 7) is 1.91. The van der Waals surface area contributed by atoms with Gasteiger partial charge in [0.25, 0.3) is 0 Å². The molecule has 0 N–H and O–H groups in total. The van der Waals surface area contributed by atoms with Gasteiger partial charge in [-0.25, -0.2) is 0 Å². The van der Waals surface area contributed by atoms with E-state index in [1.807, 2.05) is 44.1 Å². The molecule has 0 aromatic heterocycles. The quantitative estimate of drug-likeness (QED) is 0.800. The summed E-state index contributed by atoms with van der Waals surface area (Å²) in [5, 5.41) is 9.34. The van der Waals surface area contributed by atoms with Crippen LogP contribution in [0.4, 0.5) is 0 Å². The van der Waals surface area contributed by atoms with E-state index in [2.05, 4.69) is 6.07 Å². The molecule has 4 nitrogen and oxygen atoms in total. The van der Waals surface area contributed by atoms with Gasteiger partial charge in [0.15, 0.2) is 11.5 Å². The fourth-order valence-electron chi connectivity index (χ4n) is 1.76.